The Morgan fingerprint density at radius 3 is 2.59 bits per heavy atom. The fourth-order valence-electron chi connectivity index (χ4n) is 6.72. The summed E-state index contributed by atoms with van der Waals surface area (Å²) in [5.41, 5.74) is 3.06. The lowest BCUT2D eigenvalue weighted by Gasteiger charge is -2.47. The van der Waals surface area contributed by atoms with E-state index < -0.39 is 0 Å². The average Bonchev–Trinajstić information content (AvgIpc) is 3.30. The SMILES string of the molecule is COc1ccc([C@@]23CC[C@@H](NC(=O)Nc4cc(Cl)ccc4C)C[C@@H]2N(C2CCOCC2)CC3)cc1OC. The predicted molar refractivity (Wildman–Crippen MR) is 146 cm³/mol. The number of ether oxygens (including phenoxy) is 3. The molecule has 3 atom stereocenters. The van der Waals surface area contributed by atoms with Crippen LogP contribution >= 0.6 is 11.6 Å². The molecule has 37 heavy (non-hydrogen) atoms. The molecular weight excluding hydrogens is 490 g/mol. The number of rotatable bonds is 6. The van der Waals surface area contributed by atoms with Crippen LogP contribution in [-0.4, -0.2) is 63.0 Å². The third-order valence-electron chi connectivity index (χ3n) is 8.70. The van der Waals surface area contributed by atoms with Crippen LogP contribution in [0.5, 0.6) is 11.5 Å². The quantitative estimate of drug-likeness (QED) is 0.516. The topological polar surface area (TPSA) is 72.1 Å². The van der Waals surface area contributed by atoms with Crippen LogP contribution in [0.1, 0.15) is 49.7 Å². The first-order chi connectivity index (χ1) is 17.9. The van der Waals surface area contributed by atoms with Crippen molar-refractivity contribution in [3.8, 4) is 11.5 Å². The number of halogens is 1. The van der Waals surface area contributed by atoms with Crippen LogP contribution in [0.3, 0.4) is 0 Å². The van der Waals surface area contributed by atoms with Gasteiger partial charge in [0, 0.05) is 47.5 Å². The van der Waals surface area contributed by atoms with Gasteiger partial charge in [0.05, 0.1) is 14.2 Å². The molecule has 2 heterocycles. The number of nitrogens with one attached hydrogen (secondary N) is 2. The Morgan fingerprint density at radius 2 is 1.84 bits per heavy atom. The number of fused-ring (bicyclic) bond motifs is 1. The predicted octanol–water partition coefficient (Wildman–Crippen LogP) is 5.53. The normalized spacial score (nSPS) is 26.4. The van der Waals surface area contributed by atoms with Gasteiger partial charge in [0.15, 0.2) is 11.5 Å². The van der Waals surface area contributed by atoms with Crippen LogP contribution in [0.2, 0.25) is 5.02 Å². The maximum absolute atomic E-state index is 13.0. The van der Waals surface area contributed by atoms with E-state index in [-0.39, 0.29) is 17.5 Å². The van der Waals surface area contributed by atoms with E-state index in [1.54, 1.807) is 20.3 Å². The largest absolute Gasteiger partial charge is 0.493 e. The Labute approximate surface area is 224 Å². The number of urea groups is 1. The second-order valence-electron chi connectivity index (χ2n) is 10.6. The van der Waals surface area contributed by atoms with Crippen molar-refractivity contribution in [3.63, 3.8) is 0 Å². The smallest absolute Gasteiger partial charge is 0.319 e. The maximum atomic E-state index is 13.0. The lowest BCUT2D eigenvalue weighted by molar-refractivity contribution is 0.0143. The minimum absolute atomic E-state index is 0.0239. The van der Waals surface area contributed by atoms with E-state index in [0.29, 0.717) is 17.1 Å². The van der Waals surface area contributed by atoms with Gasteiger partial charge in [-0.25, -0.2) is 4.79 Å². The zero-order valence-corrected chi connectivity index (χ0v) is 22.8. The van der Waals surface area contributed by atoms with Gasteiger partial charge in [-0.1, -0.05) is 23.7 Å². The van der Waals surface area contributed by atoms with E-state index in [9.17, 15) is 4.79 Å². The molecule has 2 N–H and O–H groups in total. The number of likely N-dealkylation sites (tertiary alicyclic amines) is 1. The van der Waals surface area contributed by atoms with Crippen molar-refractivity contribution in [1.29, 1.82) is 0 Å². The number of aryl methyl sites for hydroxylation is 1. The molecule has 0 unspecified atom stereocenters. The molecule has 5 rings (SSSR count). The minimum atomic E-state index is -0.176. The molecule has 0 spiro atoms. The van der Waals surface area contributed by atoms with Crippen molar-refractivity contribution in [1.82, 2.24) is 10.2 Å². The number of amides is 2. The number of methoxy groups -OCH3 is 2. The standard InChI is InChI=1S/C29H38ClN3O4/c1-19-4-6-21(30)17-24(19)32-28(34)31-22-8-11-29(20-5-7-25(35-2)26(16-20)36-3)12-13-33(27(29)18-22)23-9-14-37-15-10-23/h4-7,16-17,22-23,27H,8-15,18H2,1-3H3,(H2,31,32,34)/t22-,27+,29+/m1/s1. The number of anilines is 1. The van der Waals surface area contributed by atoms with Gasteiger partial charge < -0.3 is 24.8 Å². The van der Waals surface area contributed by atoms with Crippen molar-refractivity contribution in [2.24, 2.45) is 0 Å². The molecule has 200 valence electrons. The lowest BCUT2D eigenvalue weighted by atomic mass is 9.65. The summed E-state index contributed by atoms with van der Waals surface area (Å²) in [6, 6.07) is 12.7. The first kappa shape index (κ1) is 26.1. The van der Waals surface area contributed by atoms with E-state index in [2.05, 4.69) is 27.7 Å². The van der Waals surface area contributed by atoms with E-state index in [1.807, 2.05) is 25.1 Å². The zero-order chi connectivity index (χ0) is 26.0. The van der Waals surface area contributed by atoms with Crippen LogP contribution in [0.25, 0.3) is 0 Å². The second kappa shape index (κ2) is 11.1. The third kappa shape index (κ3) is 5.27. The summed E-state index contributed by atoms with van der Waals surface area (Å²) in [7, 11) is 3.37. The van der Waals surface area contributed by atoms with Gasteiger partial charge in [0.25, 0.3) is 0 Å². The van der Waals surface area contributed by atoms with E-state index in [0.717, 1.165) is 81.0 Å². The van der Waals surface area contributed by atoms with Gasteiger partial charge in [-0.05, 0) is 87.4 Å². The van der Waals surface area contributed by atoms with Crippen LogP contribution < -0.4 is 20.1 Å². The minimum Gasteiger partial charge on any atom is -0.493 e. The molecule has 0 radical (unpaired) electrons. The van der Waals surface area contributed by atoms with Gasteiger partial charge in [0.2, 0.25) is 0 Å². The summed E-state index contributed by atoms with van der Waals surface area (Å²) in [6.07, 6.45) is 6.07. The molecular formula is C29H38ClN3O4. The molecule has 1 aliphatic carbocycles. The molecule has 2 aliphatic heterocycles. The van der Waals surface area contributed by atoms with Gasteiger partial charge >= 0.3 is 6.03 Å². The summed E-state index contributed by atoms with van der Waals surface area (Å²) < 4.78 is 16.9. The van der Waals surface area contributed by atoms with Crippen LogP contribution in [0, 0.1) is 6.92 Å². The molecule has 3 fully saturated rings. The first-order valence-electron chi connectivity index (χ1n) is 13.3. The molecule has 8 heteroatoms. The fraction of sp³-hybridized carbons (Fsp3) is 0.552. The highest BCUT2D eigenvalue weighted by molar-refractivity contribution is 6.31. The zero-order valence-electron chi connectivity index (χ0n) is 22.0. The lowest BCUT2D eigenvalue weighted by Crippen LogP contribution is -2.55. The highest BCUT2D eigenvalue weighted by Crippen LogP contribution is 2.51. The molecule has 2 aromatic carbocycles. The highest BCUT2D eigenvalue weighted by atomic mass is 35.5. The summed E-state index contributed by atoms with van der Waals surface area (Å²) in [6.45, 7) is 4.67. The number of carbonyl (C=O) groups is 1. The molecule has 0 bridgehead atoms. The molecule has 0 aromatic heterocycles. The molecule has 2 aromatic rings. The second-order valence-corrected chi connectivity index (χ2v) is 11.0. The number of hydrogen-bond acceptors (Lipinski definition) is 5. The Bertz CT molecular complexity index is 1120. The molecule has 1 saturated carbocycles. The van der Waals surface area contributed by atoms with Gasteiger partial charge in [-0.2, -0.15) is 0 Å². The summed E-state index contributed by atoms with van der Waals surface area (Å²) in [5.74, 6) is 1.52. The summed E-state index contributed by atoms with van der Waals surface area (Å²) in [5, 5.41) is 6.88. The molecule has 2 amide bonds. The maximum Gasteiger partial charge on any atom is 0.319 e. The van der Waals surface area contributed by atoms with Crippen LogP contribution in [0.15, 0.2) is 36.4 Å². The van der Waals surface area contributed by atoms with Crippen molar-refractivity contribution < 1.29 is 19.0 Å². The fourth-order valence-corrected chi connectivity index (χ4v) is 6.90. The van der Waals surface area contributed by atoms with Gasteiger partial charge in [0.1, 0.15) is 0 Å². The van der Waals surface area contributed by atoms with Gasteiger partial charge in [-0.3, -0.25) is 4.90 Å². The number of carbonyl (C=O) groups excluding carboxylic acids is 1. The van der Waals surface area contributed by atoms with Crippen molar-refractivity contribution in [2.45, 2.75) is 69.0 Å². The average molecular weight is 528 g/mol. The van der Waals surface area contributed by atoms with E-state index >= 15 is 0 Å². The van der Waals surface area contributed by atoms with Crippen LogP contribution in [0.4, 0.5) is 10.5 Å². The number of benzene rings is 2. The first-order valence-corrected chi connectivity index (χ1v) is 13.7. The van der Waals surface area contributed by atoms with Crippen LogP contribution in [-0.2, 0) is 10.2 Å². The Hall–Kier alpha value is -2.48. The Kier molecular flexibility index (Phi) is 7.84. The van der Waals surface area contributed by atoms with Crippen molar-refractivity contribution in [2.75, 3.05) is 39.3 Å². The molecule has 3 aliphatic rings. The number of hydrogen-bond donors (Lipinski definition) is 2. The van der Waals surface area contributed by atoms with Gasteiger partial charge in [-0.15, -0.1) is 0 Å². The van der Waals surface area contributed by atoms with Crippen molar-refractivity contribution in [3.05, 3.63) is 52.5 Å². The third-order valence-corrected chi connectivity index (χ3v) is 8.94. The Balaban J connectivity index is 1.38. The highest BCUT2D eigenvalue weighted by Gasteiger charge is 2.53. The Morgan fingerprint density at radius 1 is 1.05 bits per heavy atom. The monoisotopic (exact) mass is 527 g/mol. The van der Waals surface area contributed by atoms with E-state index in [4.69, 9.17) is 25.8 Å². The van der Waals surface area contributed by atoms with Crippen molar-refractivity contribution >= 4 is 23.3 Å². The summed E-state index contributed by atoms with van der Waals surface area (Å²) in [4.78, 5) is 15.7. The van der Waals surface area contributed by atoms with E-state index in [1.165, 1.54) is 5.56 Å². The number of nitrogens with zero attached hydrogens (tertiary/aromatic N) is 1. The molecule has 7 nitrogen and oxygen atoms in total. The summed E-state index contributed by atoms with van der Waals surface area (Å²) >= 11 is 6.15. The molecule has 2 saturated heterocycles.